The lowest BCUT2D eigenvalue weighted by molar-refractivity contribution is 0.362. The monoisotopic (exact) mass is 377 g/mol. The fraction of sp³-hybridized carbons (Fsp3) is 0.333. The molecule has 0 fully saturated rings. The first kappa shape index (κ1) is 19.9. The van der Waals surface area contributed by atoms with Gasteiger partial charge in [0.15, 0.2) is 0 Å². The molecular formula is C18H23N3O4S. The number of rotatable bonds is 7. The highest BCUT2D eigenvalue weighted by molar-refractivity contribution is 7.89. The predicted molar refractivity (Wildman–Crippen MR) is 101 cm³/mol. The van der Waals surface area contributed by atoms with Crippen LogP contribution in [-0.2, 0) is 22.0 Å². The van der Waals surface area contributed by atoms with E-state index in [1.165, 1.54) is 22.9 Å². The van der Waals surface area contributed by atoms with Gasteiger partial charge in [0.1, 0.15) is 0 Å². The van der Waals surface area contributed by atoms with Crippen molar-refractivity contribution in [1.82, 2.24) is 9.55 Å². The molecule has 0 spiro atoms. The molecule has 8 heteroatoms. The molecule has 3 N–H and O–H groups in total. The topological polar surface area (TPSA) is 115 Å². The third-order valence-corrected chi connectivity index (χ3v) is 5.29. The van der Waals surface area contributed by atoms with Gasteiger partial charge in [-0.15, -0.1) is 0 Å². The van der Waals surface area contributed by atoms with Gasteiger partial charge in [-0.2, -0.15) is 0 Å². The fourth-order valence-electron chi connectivity index (χ4n) is 2.88. The van der Waals surface area contributed by atoms with E-state index in [1.54, 1.807) is 12.1 Å². The maximum Gasteiger partial charge on any atom is 0.328 e. The van der Waals surface area contributed by atoms with Crippen molar-refractivity contribution < 1.29 is 8.42 Å². The predicted octanol–water partition coefficient (Wildman–Crippen LogP) is 1.50. The second kappa shape index (κ2) is 7.84. The highest BCUT2D eigenvalue weighted by Gasteiger charge is 2.28. The molecule has 1 atom stereocenters. The number of H-pyrrole nitrogens is 1. The van der Waals surface area contributed by atoms with Gasteiger partial charge in [-0.1, -0.05) is 31.2 Å². The zero-order valence-corrected chi connectivity index (χ0v) is 15.6. The largest absolute Gasteiger partial charge is 0.328 e. The number of nitrogens with zero attached hydrogens (tertiary/aromatic N) is 1. The van der Waals surface area contributed by atoms with E-state index in [2.05, 4.69) is 4.98 Å². The zero-order valence-electron chi connectivity index (χ0n) is 14.8. The SMILES string of the molecule is C/C=C\CCC(C)(Cn1ccc(=O)[nH]c1=O)c1cccc(S(N)(=O)=O)c1. The normalized spacial score (nSPS) is 14.4. The summed E-state index contributed by atoms with van der Waals surface area (Å²) in [7, 11) is -3.83. The molecule has 2 rings (SSSR count). The molecule has 1 aromatic carbocycles. The minimum Gasteiger partial charge on any atom is -0.300 e. The van der Waals surface area contributed by atoms with Crippen LogP contribution in [0.4, 0.5) is 0 Å². The maximum absolute atomic E-state index is 12.1. The van der Waals surface area contributed by atoms with Crippen LogP contribution < -0.4 is 16.4 Å². The van der Waals surface area contributed by atoms with Crippen molar-refractivity contribution in [2.75, 3.05) is 0 Å². The van der Waals surface area contributed by atoms with Gasteiger partial charge < -0.3 is 0 Å². The number of aromatic nitrogens is 2. The molecule has 0 saturated carbocycles. The van der Waals surface area contributed by atoms with Crippen molar-refractivity contribution in [3.05, 3.63) is 75.1 Å². The van der Waals surface area contributed by atoms with Crippen LogP contribution in [0.2, 0.25) is 0 Å². The molecule has 0 aliphatic heterocycles. The first-order valence-corrected chi connectivity index (χ1v) is 9.75. The highest BCUT2D eigenvalue weighted by atomic mass is 32.2. The van der Waals surface area contributed by atoms with Crippen LogP contribution in [0.3, 0.4) is 0 Å². The quantitative estimate of drug-likeness (QED) is 0.711. The number of hydrogen-bond acceptors (Lipinski definition) is 4. The van der Waals surface area contributed by atoms with E-state index < -0.39 is 26.7 Å². The Kier molecular flexibility index (Phi) is 5.99. The molecule has 2 aromatic rings. The number of nitrogens with one attached hydrogen (secondary N) is 1. The average Bonchev–Trinajstić information content (AvgIpc) is 2.57. The van der Waals surface area contributed by atoms with Crippen LogP contribution in [0.15, 0.2) is 63.2 Å². The summed E-state index contributed by atoms with van der Waals surface area (Å²) in [4.78, 5) is 25.6. The van der Waals surface area contributed by atoms with Gasteiger partial charge in [-0.3, -0.25) is 14.3 Å². The van der Waals surface area contributed by atoms with Crippen LogP contribution in [-0.4, -0.2) is 18.0 Å². The standard InChI is InChI=1S/C18H23N3O4S/c1-3-4-5-10-18(2,13-21-11-9-16(22)20-17(21)23)14-7-6-8-15(12-14)26(19,24)25/h3-4,6-9,11-12H,5,10,13H2,1-2H3,(H2,19,24,25)(H,20,22,23)/b4-3-. The molecular weight excluding hydrogens is 354 g/mol. The number of benzene rings is 1. The Morgan fingerprint density at radius 2 is 2.00 bits per heavy atom. The summed E-state index contributed by atoms with van der Waals surface area (Å²) in [5.74, 6) is 0. The van der Waals surface area contributed by atoms with Crippen LogP contribution in [0.1, 0.15) is 32.3 Å². The minimum absolute atomic E-state index is 0.0288. The van der Waals surface area contributed by atoms with Gasteiger partial charge in [0.25, 0.3) is 5.56 Å². The first-order chi connectivity index (χ1) is 12.2. The Morgan fingerprint density at radius 3 is 2.62 bits per heavy atom. The van der Waals surface area contributed by atoms with E-state index >= 15 is 0 Å². The zero-order chi connectivity index (χ0) is 19.4. The van der Waals surface area contributed by atoms with Gasteiger partial charge in [0, 0.05) is 24.2 Å². The molecule has 140 valence electrons. The Morgan fingerprint density at radius 1 is 1.27 bits per heavy atom. The molecule has 0 radical (unpaired) electrons. The van der Waals surface area contributed by atoms with Crippen molar-refractivity contribution in [3.8, 4) is 0 Å². The van der Waals surface area contributed by atoms with Gasteiger partial charge >= 0.3 is 5.69 Å². The molecule has 1 unspecified atom stereocenters. The Bertz CT molecular complexity index is 1020. The molecule has 1 aromatic heterocycles. The highest BCUT2D eigenvalue weighted by Crippen LogP contribution is 2.32. The number of hydrogen-bond donors (Lipinski definition) is 2. The number of sulfonamides is 1. The minimum atomic E-state index is -3.83. The van der Waals surface area contributed by atoms with Crippen LogP contribution in [0.25, 0.3) is 0 Å². The van der Waals surface area contributed by atoms with Crippen molar-refractivity contribution in [3.63, 3.8) is 0 Å². The summed E-state index contributed by atoms with van der Waals surface area (Å²) in [6.45, 7) is 4.16. The van der Waals surface area contributed by atoms with E-state index in [-0.39, 0.29) is 11.4 Å². The summed E-state index contributed by atoms with van der Waals surface area (Å²) in [6, 6.07) is 7.73. The number of nitrogens with two attached hydrogens (primary N) is 1. The molecule has 26 heavy (non-hydrogen) atoms. The molecule has 0 aliphatic carbocycles. The number of primary sulfonamides is 1. The van der Waals surface area contributed by atoms with Gasteiger partial charge in [-0.25, -0.2) is 18.4 Å². The van der Waals surface area contributed by atoms with Gasteiger partial charge in [-0.05, 0) is 37.5 Å². The Labute approximate surface area is 152 Å². The van der Waals surface area contributed by atoms with Crippen LogP contribution in [0, 0.1) is 0 Å². The Balaban J connectivity index is 2.51. The molecule has 0 saturated heterocycles. The summed E-state index contributed by atoms with van der Waals surface area (Å²) in [6.07, 6.45) is 6.82. The lowest BCUT2D eigenvalue weighted by Crippen LogP contribution is -2.36. The maximum atomic E-state index is 12.1. The van der Waals surface area contributed by atoms with Crippen LogP contribution >= 0.6 is 0 Å². The summed E-state index contributed by atoms with van der Waals surface area (Å²) in [5.41, 5.74) is -0.746. The fourth-order valence-corrected chi connectivity index (χ4v) is 3.44. The Hall–Kier alpha value is -2.45. The summed E-state index contributed by atoms with van der Waals surface area (Å²) >= 11 is 0. The van der Waals surface area contributed by atoms with Crippen molar-refractivity contribution in [2.24, 2.45) is 5.14 Å². The van der Waals surface area contributed by atoms with Gasteiger partial charge in [0.05, 0.1) is 4.90 Å². The van der Waals surface area contributed by atoms with E-state index in [0.29, 0.717) is 6.42 Å². The summed E-state index contributed by atoms with van der Waals surface area (Å²) < 4.78 is 24.8. The molecule has 0 amide bonds. The number of allylic oxidation sites excluding steroid dienone is 2. The van der Waals surface area contributed by atoms with E-state index in [4.69, 9.17) is 5.14 Å². The third-order valence-electron chi connectivity index (χ3n) is 4.37. The molecule has 0 aliphatic rings. The molecule has 1 heterocycles. The second-order valence-corrected chi connectivity index (χ2v) is 8.04. The third kappa shape index (κ3) is 4.80. The lowest BCUT2D eigenvalue weighted by atomic mass is 9.78. The van der Waals surface area contributed by atoms with Crippen LogP contribution in [0.5, 0.6) is 0 Å². The van der Waals surface area contributed by atoms with Crippen molar-refractivity contribution in [1.29, 1.82) is 0 Å². The lowest BCUT2D eigenvalue weighted by Gasteiger charge is -2.31. The van der Waals surface area contributed by atoms with Crippen molar-refractivity contribution in [2.45, 2.75) is 43.5 Å². The molecule has 0 bridgehead atoms. The van der Waals surface area contributed by atoms with E-state index in [1.807, 2.05) is 32.1 Å². The molecule has 7 nitrogen and oxygen atoms in total. The van der Waals surface area contributed by atoms with E-state index in [0.717, 1.165) is 12.0 Å². The number of aromatic amines is 1. The second-order valence-electron chi connectivity index (χ2n) is 6.48. The van der Waals surface area contributed by atoms with Gasteiger partial charge in [0.2, 0.25) is 10.0 Å². The average molecular weight is 377 g/mol. The van der Waals surface area contributed by atoms with Crippen molar-refractivity contribution >= 4 is 10.0 Å². The summed E-state index contributed by atoms with van der Waals surface area (Å²) in [5, 5.41) is 5.25. The van der Waals surface area contributed by atoms with E-state index in [9.17, 15) is 18.0 Å². The first-order valence-electron chi connectivity index (χ1n) is 8.20. The smallest absolute Gasteiger partial charge is 0.300 e.